The summed E-state index contributed by atoms with van der Waals surface area (Å²) >= 11 is 0. The summed E-state index contributed by atoms with van der Waals surface area (Å²) in [4.78, 5) is 0. The molecule has 5 nitrogen and oxygen atoms in total. The molecule has 2 rings (SSSR count). The van der Waals surface area contributed by atoms with Gasteiger partial charge in [-0.05, 0) is 37.8 Å². The zero-order valence-corrected chi connectivity index (χ0v) is 11.9. The summed E-state index contributed by atoms with van der Waals surface area (Å²) in [6, 6.07) is 4.84. The molecule has 1 aliphatic rings. The average Bonchev–Trinajstić information content (AvgIpc) is 2.49. The van der Waals surface area contributed by atoms with Gasteiger partial charge in [0.15, 0.2) is 0 Å². The predicted molar refractivity (Wildman–Crippen MR) is 79.9 cm³/mol. The fraction of sp³-hybridized carbons (Fsp3) is 0.600. The highest BCUT2D eigenvalue weighted by Crippen LogP contribution is 2.29. The summed E-state index contributed by atoms with van der Waals surface area (Å²) in [5.74, 6) is -0.357. The molecule has 0 aromatic heterocycles. The van der Waals surface area contributed by atoms with Gasteiger partial charge in [0.25, 0.3) is 0 Å². The molecule has 118 valence electrons. The van der Waals surface area contributed by atoms with Gasteiger partial charge in [-0.2, -0.15) is 0 Å². The lowest BCUT2D eigenvalue weighted by Crippen LogP contribution is -2.29. The standard InChI is InChI=1S/C15H23FN2O3/c16-13-2-1-3-14(17-8-12(21)9-19)15(13)18-10-4-6-11(20)7-5-10/h1-3,10-12,17-21H,4-9H2. The van der Waals surface area contributed by atoms with E-state index in [1.807, 2.05) is 0 Å². The van der Waals surface area contributed by atoms with E-state index in [-0.39, 0.29) is 31.1 Å². The molecule has 21 heavy (non-hydrogen) atoms. The number of rotatable bonds is 6. The molecule has 0 bridgehead atoms. The van der Waals surface area contributed by atoms with Crippen LogP contribution in [0.2, 0.25) is 0 Å². The third-order valence-corrected chi connectivity index (χ3v) is 3.80. The van der Waals surface area contributed by atoms with Crippen LogP contribution in [0.15, 0.2) is 18.2 Å². The molecule has 1 saturated carbocycles. The van der Waals surface area contributed by atoms with Gasteiger partial charge < -0.3 is 26.0 Å². The van der Waals surface area contributed by atoms with E-state index in [2.05, 4.69) is 10.6 Å². The molecule has 1 fully saturated rings. The molecule has 0 radical (unpaired) electrons. The minimum absolute atomic E-state index is 0.133. The molecule has 1 unspecified atom stereocenters. The van der Waals surface area contributed by atoms with Crippen molar-refractivity contribution >= 4 is 11.4 Å². The van der Waals surface area contributed by atoms with Gasteiger partial charge in [0.05, 0.1) is 30.2 Å². The Morgan fingerprint density at radius 1 is 1.24 bits per heavy atom. The van der Waals surface area contributed by atoms with Crippen molar-refractivity contribution in [1.82, 2.24) is 0 Å². The van der Waals surface area contributed by atoms with Crippen molar-refractivity contribution in [3.05, 3.63) is 24.0 Å². The number of halogens is 1. The smallest absolute Gasteiger partial charge is 0.148 e. The van der Waals surface area contributed by atoms with Crippen LogP contribution in [0.3, 0.4) is 0 Å². The fourth-order valence-corrected chi connectivity index (χ4v) is 2.53. The first-order valence-corrected chi connectivity index (χ1v) is 7.36. The van der Waals surface area contributed by atoms with Gasteiger partial charge in [-0.25, -0.2) is 4.39 Å². The van der Waals surface area contributed by atoms with Crippen molar-refractivity contribution in [3.8, 4) is 0 Å². The van der Waals surface area contributed by atoms with Gasteiger partial charge in [0.2, 0.25) is 0 Å². The molecule has 0 aliphatic heterocycles. The van der Waals surface area contributed by atoms with Crippen LogP contribution in [0.5, 0.6) is 0 Å². The van der Waals surface area contributed by atoms with Crippen LogP contribution in [0, 0.1) is 5.82 Å². The van der Waals surface area contributed by atoms with Crippen LogP contribution in [0.4, 0.5) is 15.8 Å². The quantitative estimate of drug-likeness (QED) is 0.547. The SMILES string of the molecule is OCC(O)CNc1cccc(F)c1NC1CCC(O)CC1. The summed E-state index contributed by atoms with van der Waals surface area (Å²) in [5, 5.41) is 33.8. The van der Waals surface area contributed by atoms with Crippen molar-refractivity contribution in [2.45, 2.75) is 43.9 Å². The van der Waals surface area contributed by atoms with Crippen LogP contribution < -0.4 is 10.6 Å². The first kappa shape index (κ1) is 16.0. The lowest BCUT2D eigenvalue weighted by molar-refractivity contribution is 0.105. The van der Waals surface area contributed by atoms with E-state index in [1.165, 1.54) is 6.07 Å². The van der Waals surface area contributed by atoms with E-state index in [1.54, 1.807) is 12.1 Å². The minimum atomic E-state index is -0.883. The normalized spacial score (nSPS) is 23.6. The highest BCUT2D eigenvalue weighted by atomic mass is 19.1. The molecule has 5 N–H and O–H groups in total. The van der Waals surface area contributed by atoms with Crippen molar-refractivity contribution in [2.24, 2.45) is 0 Å². The second-order valence-corrected chi connectivity index (χ2v) is 5.53. The second-order valence-electron chi connectivity index (χ2n) is 5.53. The topological polar surface area (TPSA) is 84.8 Å². The van der Waals surface area contributed by atoms with Crippen molar-refractivity contribution in [2.75, 3.05) is 23.8 Å². The van der Waals surface area contributed by atoms with E-state index < -0.39 is 6.10 Å². The van der Waals surface area contributed by atoms with Crippen LogP contribution >= 0.6 is 0 Å². The van der Waals surface area contributed by atoms with Crippen LogP contribution in [-0.2, 0) is 0 Å². The first-order chi connectivity index (χ1) is 10.1. The Balaban J connectivity index is 2.03. The van der Waals surface area contributed by atoms with E-state index >= 15 is 0 Å². The van der Waals surface area contributed by atoms with Crippen LogP contribution in [0.25, 0.3) is 0 Å². The Kier molecular flexibility index (Phi) is 5.78. The molecule has 0 heterocycles. The summed E-state index contributed by atoms with van der Waals surface area (Å²) in [6.07, 6.45) is 1.91. The molecule has 0 spiro atoms. The monoisotopic (exact) mass is 298 g/mol. The Morgan fingerprint density at radius 3 is 2.62 bits per heavy atom. The molecule has 1 aromatic carbocycles. The molecular formula is C15H23FN2O3. The number of para-hydroxylation sites is 1. The number of hydrogen-bond acceptors (Lipinski definition) is 5. The molecular weight excluding hydrogens is 275 g/mol. The fourth-order valence-electron chi connectivity index (χ4n) is 2.53. The van der Waals surface area contributed by atoms with Crippen molar-refractivity contribution < 1.29 is 19.7 Å². The first-order valence-electron chi connectivity index (χ1n) is 7.36. The Hall–Kier alpha value is -1.37. The molecule has 1 atom stereocenters. The van der Waals surface area contributed by atoms with E-state index in [4.69, 9.17) is 5.11 Å². The summed E-state index contributed by atoms with van der Waals surface area (Å²) < 4.78 is 14.0. The van der Waals surface area contributed by atoms with Gasteiger partial charge in [0, 0.05) is 12.6 Å². The number of aliphatic hydroxyl groups is 3. The third kappa shape index (κ3) is 4.56. The van der Waals surface area contributed by atoms with Gasteiger partial charge in [0.1, 0.15) is 5.82 Å². The van der Waals surface area contributed by atoms with E-state index in [0.717, 1.165) is 25.7 Å². The molecule has 0 saturated heterocycles. The van der Waals surface area contributed by atoms with Gasteiger partial charge >= 0.3 is 0 Å². The van der Waals surface area contributed by atoms with Crippen LogP contribution in [-0.4, -0.2) is 46.7 Å². The zero-order chi connectivity index (χ0) is 15.2. The number of benzene rings is 1. The highest BCUT2D eigenvalue weighted by molar-refractivity contribution is 5.69. The van der Waals surface area contributed by atoms with E-state index in [0.29, 0.717) is 11.4 Å². The van der Waals surface area contributed by atoms with Gasteiger partial charge in [-0.1, -0.05) is 6.07 Å². The molecule has 1 aromatic rings. The highest BCUT2D eigenvalue weighted by Gasteiger charge is 2.21. The predicted octanol–water partition coefficient (Wildman–Crippen LogP) is 1.31. The molecule has 6 heteroatoms. The lowest BCUT2D eigenvalue weighted by atomic mass is 9.93. The summed E-state index contributed by atoms with van der Waals surface area (Å²) in [6.45, 7) is -0.191. The third-order valence-electron chi connectivity index (χ3n) is 3.80. The maximum Gasteiger partial charge on any atom is 0.148 e. The maximum atomic E-state index is 14.0. The van der Waals surface area contributed by atoms with Gasteiger partial charge in [-0.3, -0.25) is 0 Å². The Labute approximate surface area is 123 Å². The van der Waals surface area contributed by atoms with Crippen molar-refractivity contribution in [1.29, 1.82) is 0 Å². The molecule has 1 aliphatic carbocycles. The second kappa shape index (κ2) is 7.59. The van der Waals surface area contributed by atoms with Gasteiger partial charge in [-0.15, -0.1) is 0 Å². The van der Waals surface area contributed by atoms with Crippen molar-refractivity contribution in [3.63, 3.8) is 0 Å². The number of nitrogens with one attached hydrogen (secondary N) is 2. The summed E-state index contributed by atoms with van der Waals surface area (Å²) in [7, 11) is 0. The maximum absolute atomic E-state index is 14.0. The Morgan fingerprint density at radius 2 is 1.95 bits per heavy atom. The number of anilines is 2. The zero-order valence-electron chi connectivity index (χ0n) is 11.9. The van der Waals surface area contributed by atoms with E-state index in [9.17, 15) is 14.6 Å². The minimum Gasteiger partial charge on any atom is -0.394 e. The average molecular weight is 298 g/mol. The number of aliphatic hydroxyl groups excluding tert-OH is 3. The largest absolute Gasteiger partial charge is 0.394 e. The summed E-state index contributed by atoms with van der Waals surface area (Å²) in [5.41, 5.74) is 0.942. The van der Waals surface area contributed by atoms with Crippen LogP contribution in [0.1, 0.15) is 25.7 Å². The lowest BCUT2D eigenvalue weighted by Gasteiger charge is -2.28. The molecule has 0 amide bonds. The number of hydrogen-bond donors (Lipinski definition) is 5. The Bertz CT molecular complexity index is 451.